The van der Waals surface area contributed by atoms with Crippen LogP contribution in [0.5, 0.6) is 5.75 Å². The molecule has 1 aliphatic heterocycles. The molecule has 0 spiro atoms. The first-order valence-corrected chi connectivity index (χ1v) is 11.4. The van der Waals surface area contributed by atoms with Gasteiger partial charge in [-0.25, -0.2) is 4.79 Å². The second kappa shape index (κ2) is 14.2. The molecule has 0 radical (unpaired) electrons. The van der Waals surface area contributed by atoms with Gasteiger partial charge in [0, 0.05) is 47.1 Å². The molecule has 1 aromatic heterocycles. The number of carbonyl (C=O) groups excluding carboxylic acids is 2. The lowest BCUT2D eigenvalue weighted by molar-refractivity contribution is -0.114. The van der Waals surface area contributed by atoms with Crippen LogP contribution in [0.15, 0.2) is 36.7 Å². The number of rotatable bonds is 4. The van der Waals surface area contributed by atoms with Crippen LogP contribution in [0.3, 0.4) is 0 Å². The Morgan fingerprint density at radius 1 is 1.00 bits per heavy atom. The van der Waals surface area contributed by atoms with Crippen LogP contribution in [0.1, 0.15) is 52.7 Å². The maximum Gasteiger partial charge on any atom is 0.415 e. The van der Waals surface area contributed by atoms with Gasteiger partial charge in [0.2, 0.25) is 5.91 Å². The first kappa shape index (κ1) is 27.1. The van der Waals surface area contributed by atoms with Crippen molar-refractivity contribution in [2.45, 2.75) is 55.0 Å². The number of hydrogen-bond donors (Lipinski definition) is 1. The molecule has 1 aromatic carbocycles. The third-order valence-electron chi connectivity index (χ3n) is 4.85. The molecule has 178 valence electrons. The molecular weight excluding hydrogens is 404 g/mol. The number of piperazine rings is 1. The predicted octanol–water partition coefficient (Wildman–Crippen LogP) is 5.27. The summed E-state index contributed by atoms with van der Waals surface area (Å²) in [5.41, 5.74) is 4.39. The molecule has 2 amide bonds. The van der Waals surface area contributed by atoms with Crippen LogP contribution in [0.4, 0.5) is 10.5 Å². The Kier molecular flexibility index (Phi) is 12.0. The molecule has 1 N–H and O–H groups in total. The molecule has 32 heavy (non-hydrogen) atoms. The van der Waals surface area contributed by atoms with E-state index in [1.807, 2.05) is 27.7 Å². The largest absolute Gasteiger partial charge is 0.415 e. The van der Waals surface area contributed by atoms with Crippen molar-refractivity contribution in [1.29, 1.82) is 0 Å². The molecule has 1 saturated heterocycles. The zero-order chi connectivity index (χ0) is 24.1. The van der Waals surface area contributed by atoms with E-state index in [4.69, 9.17) is 4.74 Å². The molecule has 0 atom stereocenters. The van der Waals surface area contributed by atoms with E-state index in [2.05, 4.69) is 47.2 Å². The van der Waals surface area contributed by atoms with Crippen molar-refractivity contribution < 1.29 is 15.8 Å². The number of hydrogen-bond acceptors (Lipinski definition) is 5. The molecule has 7 heteroatoms. The second-order valence-corrected chi connectivity index (χ2v) is 7.14. The highest BCUT2D eigenvalue weighted by Crippen LogP contribution is 2.17. The van der Waals surface area contributed by atoms with Gasteiger partial charge >= 0.3 is 6.09 Å². The third-order valence-corrected chi connectivity index (χ3v) is 4.85. The van der Waals surface area contributed by atoms with E-state index < -0.39 is 6.09 Å². The summed E-state index contributed by atoms with van der Waals surface area (Å²) in [5, 5.41) is 2.62. The molecule has 0 bridgehead atoms. The Morgan fingerprint density at radius 3 is 2.25 bits per heavy atom. The maximum atomic E-state index is 12.4. The molecule has 1 aliphatic rings. The summed E-state index contributed by atoms with van der Waals surface area (Å²) in [5.74, 6) is 0.110. The van der Waals surface area contributed by atoms with Gasteiger partial charge < -0.3 is 15.0 Å². The normalized spacial score (nSPS) is 13.2. The predicted molar refractivity (Wildman–Crippen MR) is 132 cm³/mol. The molecule has 3 rings (SSSR count). The van der Waals surface area contributed by atoms with Gasteiger partial charge in [-0.05, 0) is 30.5 Å². The number of anilines is 1. The molecule has 2 aromatic rings. The van der Waals surface area contributed by atoms with E-state index in [0.717, 1.165) is 19.6 Å². The zero-order valence-corrected chi connectivity index (χ0v) is 20.6. The van der Waals surface area contributed by atoms with E-state index >= 15 is 0 Å². The van der Waals surface area contributed by atoms with Crippen molar-refractivity contribution >= 4 is 17.7 Å². The van der Waals surface area contributed by atoms with Crippen LogP contribution in [-0.2, 0) is 11.3 Å². The quantitative estimate of drug-likeness (QED) is 0.695. The lowest BCUT2D eigenvalue weighted by atomic mass is 10.1. The van der Waals surface area contributed by atoms with Crippen LogP contribution in [0.2, 0.25) is 0 Å². The molecule has 1 fully saturated rings. The number of pyridine rings is 1. The number of benzene rings is 1. The molecule has 0 saturated carbocycles. The first-order valence-electron chi connectivity index (χ1n) is 11.4. The van der Waals surface area contributed by atoms with Crippen LogP contribution >= 0.6 is 0 Å². The number of amides is 2. The van der Waals surface area contributed by atoms with Crippen molar-refractivity contribution in [2.75, 3.05) is 31.5 Å². The zero-order valence-electron chi connectivity index (χ0n) is 20.6. The number of nitrogens with zero attached hydrogens (tertiary/aromatic N) is 3. The molecular formula is C25H40N4O3. The second-order valence-electron chi connectivity index (χ2n) is 7.14. The SMILES string of the molecule is CC.CC.CC(=O)Nc1cncc(OC(=O)N2CCN(Cc3ccc(C)c(C)c3)CC2)c1.[HH]. The summed E-state index contributed by atoms with van der Waals surface area (Å²) in [7, 11) is 0. The lowest BCUT2D eigenvalue weighted by Gasteiger charge is -2.34. The number of ether oxygens (including phenoxy) is 1. The van der Waals surface area contributed by atoms with Gasteiger partial charge in [0.25, 0.3) is 0 Å². The number of aryl methyl sites for hydroxylation is 2. The summed E-state index contributed by atoms with van der Waals surface area (Å²) < 4.78 is 5.41. The van der Waals surface area contributed by atoms with Gasteiger partial charge in [0.1, 0.15) is 0 Å². The Hall–Kier alpha value is -2.93. The van der Waals surface area contributed by atoms with E-state index in [-0.39, 0.29) is 7.33 Å². The highest BCUT2D eigenvalue weighted by atomic mass is 16.6. The molecule has 2 heterocycles. The Balaban J connectivity index is 0.00000194. The summed E-state index contributed by atoms with van der Waals surface area (Å²) in [6, 6.07) is 8.13. The topological polar surface area (TPSA) is 74.8 Å². The van der Waals surface area contributed by atoms with Crippen LogP contribution in [0, 0.1) is 13.8 Å². The minimum Gasteiger partial charge on any atom is -0.408 e. The Morgan fingerprint density at radius 2 is 1.66 bits per heavy atom. The van der Waals surface area contributed by atoms with Gasteiger partial charge in [0.15, 0.2) is 5.75 Å². The molecule has 0 unspecified atom stereocenters. The summed E-state index contributed by atoms with van der Waals surface area (Å²) in [4.78, 5) is 31.6. The van der Waals surface area contributed by atoms with Crippen LogP contribution in [-0.4, -0.2) is 53.0 Å². The van der Waals surface area contributed by atoms with Crippen LogP contribution in [0.25, 0.3) is 0 Å². The van der Waals surface area contributed by atoms with Crippen molar-refractivity contribution in [2.24, 2.45) is 0 Å². The third kappa shape index (κ3) is 8.67. The van der Waals surface area contributed by atoms with E-state index in [1.165, 1.54) is 36.0 Å². The fraction of sp³-hybridized carbons (Fsp3) is 0.480. The number of carbonyl (C=O) groups is 2. The average molecular weight is 445 g/mol. The fourth-order valence-electron chi connectivity index (χ4n) is 3.16. The standard InChI is InChI=1S/C21H26N4O3.2C2H6.H2/c1-15-4-5-18(10-16(15)2)14-24-6-8-25(9-7-24)21(27)28-20-11-19(12-22-13-20)23-17(3)26;2*1-2;/h4-5,10-13H,6-9,14H2,1-3H3,(H,23,26);2*1-2H3;1H. The Bertz CT molecular complexity index is 868. The van der Waals surface area contributed by atoms with E-state index in [9.17, 15) is 9.59 Å². The van der Waals surface area contributed by atoms with Gasteiger partial charge in [-0.2, -0.15) is 0 Å². The lowest BCUT2D eigenvalue weighted by Crippen LogP contribution is -2.49. The van der Waals surface area contributed by atoms with Gasteiger partial charge in [-0.3, -0.25) is 14.7 Å². The molecule has 7 nitrogen and oxygen atoms in total. The van der Waals surface area contributed by atoms with Gasteiger partial charge in [-0.1, -0.05) is 45.9 Å². The van der Waals surface area contributed by atoms with E-state index in [1.54, 1.807) is 11.0 Å². The number of aromatic nitrogens is 1. The highest BCUT2D eigenvalue weighted by molar-refractivity contribution is 5.88. The number of nitrogens with one attached hydrogen (secondary N) is 1. The summed E-state index contributed by atoms with van der Waals surface area (Å²) in [6.07, 6.45) is 2.57. The minimum absolute atomic E-state index is 0. The highest BCUT2D eigenvalue weighted by Gasteiger charge is 2.23. The maximum absolute atomic E-state index is 12.4. The summed E-state index contributed by atoms with van der Waals surface area (Å²) >= 11 is 0. The van der Waals surface area contributed by atoms with Crippen molar-refractivity contribution in [1.82, 2.24) is 14.8 Å². The minimum atomic E-state index is -0.396. The van der Waals surface area contributed by atoms with E-state index in [0.29, 0.717) is 24.5 Å². The van der Waals surface area contributed by atoms with Crippen LogP contribution < -0.4 is 10.1 Å². The molecule has 0 aliphatic carbocycles. The van der Waals surface area contributed by atoms with Crippen molar-refractivity contribution in [3.05, 3.63) is 53.3 Å². The van der Waals surface area contributed by atoms with Gasteiger partial charge in [-0.15, -0.1) is 0 Å². The monoisotopic (exact) mass is 444 g/mol. The average Bonchev–Trinajstić information content (AvgIpc) is 2.79. The Labute approximate surface area is 194 Å². The van der Waals surface area contributed by atoms with Gasteiger partial charge in [0.05, 0.1) is 18.1 Å². The van der Waals surface area contributed by atoms with Crippen molar-refractivity contribution in [3.63, 3.8) is 0 Å². The van der Waals surface area contributed by atoms with Crippen molar-refractivity contribution in [3.8, 4) is 5.75 Å². The summed E-state index contributed by atoms with van der Waals surface area (Å²) in [6.45, 7) is 17.4. The smallest absolute Gasteiger partial charge is 0.408 e. The fourth-order valence-corrected chi connectivity index (χ4v) is 3.16. The first-order chi connectivity index (χ1) is 15.4.